The molecule has 7 heteroatoms. The van der Waals surface area contributed by atoms with Crippen molar-refractivity contribution < 1.29 is 24.6 Å². The molecule has 0 aliphatic carbocycles. The zero-order valence-electron chi connectivity index (χ0n) is 12.5. The van der Waals surface area contributed by atoms with Gasteiger partial charge in [0.15, 0.2) is 0 Å². The number of carboxylic acid groups (broad SMARTS) is 1. The van der Waals surface area contributed by atoms with Crippen LogP contribution in [-0.4, -0.2) is 34.0 Å². The summed E-state index contributed by atoms with van der Waals surface area (Å²) >= 11 is 0. The third kappa shape index (κ3) is 2.91. The van der Waals surface area contributed by atoms with Crippen LogP contribution >= 0.6 is 0 Å². The number of anilines is 2. The number of carboxylic acids is 1. The van der Waals surface area contributed by atoms with Crippen molar-refractivity contribution >= 4 is 29.2 Å². The van der Waals surface area contributed by atoms with Crippen LogP contribution in [0.1, 0.15) is 16.8 Å². The Balaban J connectivity index is 1.82. The predicted octanol–water partition coefficient (Wildman–Crippen LogP) is 1.83. The molecular weight excluding hydrogens is 312 g/mol. The normalized spacial score (nSPS) is 17.2. The van der Waals surface area contributed by atoms with Crippen molar-refractivity contribution in [1.29, 1.82) is 0 Å². The number of aromatic hydroxyl groups is 1. The molecular formula is C17H14N2O5. The zero-order valence-corrected chi connectivity index (χ0v) is 12.5. The molecule has 0 aromatic heterocycles. The van der Waals surface area contributed by atoms with Gasteiger partial charge in [-0.2, -0.15) is 0 Å². The van der Waals surface area contributed by atoms with Gasteiger partial charge in [0.2, 0.25) is 5.91 Å². The van der Waals surface area contributed by atoms with Crippen molar-refractivity contribution in [3.63, 3.8) is 0 Å². The summed E-state index contributed by atoms with van der Waals surface area (Å²) in [6.07, 6.45) is -0.0307. The van der Waals surface area contributed by atoms with Crippen LogP contribution in [0.5, 0.6) is 5.75 Å². The first-order chi connectivity index (χ1) is 11.5. The number of phenolic OH excluding ortho intramolecular Hbond substituents is 1. The Kier molecular flexibility index (Phi) is 3.91. The third-order valence-electron chi connectivity index (χ3n) is 3.71. The summed E-state index contributed by atoms with van der Waals surface area (Å²) in [5, 5.41) is 21.2. The summed E-state index contributed by atoms with van der Waals surface area (Å²) in [6, 6.07) is 11.1. The van der Waals surface area contributed by atoms with Gasteiger partial charge in [0, 0.05) is 5.69 Å². The minimum Gasteiger partial charge on any atom is -0.508 e. The second kappa shape index (κ2) is 6.04. The number of nitrogens with one attached hydrogen (secondary N) is 1. The standard InChI is InChI=1S/C17H14N2O5/c20-13-6-4-11(5-7-13)18-14-9-15(21)19(16(14)22)12-3-1-2-10(8-12)17(23)24/h1-8,14,18,20H,9H2,(H,23,24). The first-order valence-corrected chi connectivity index (χ1v) is 7.21. The van der Waals surface area contributed by atoms with Gasteiger partial charge in [-0.1, -0.05) is 6.07 Å². The second-order valence-electron chi connectivity index (χ2n) is 5.37. The maximum Gasteiger partial charge on any atom is 0.335 e. The van der Waals surface area contributed by atoms with Gasteiger partial charge in [-0.25, -0.2) is 9.69 Å². The topological polar surface area (TPSA) is 107 Å². The van der Waals surface area contributed by atoms with Crippen molar-refractivity contribution in [2.45, 2.75) is 12.5 Å². The first-order valence-electron chi connectivity index (χ1n) is 7.21. The van der Waals surface area contributed by atoms with Gasteiger partial charge in [-0.15, -0.1) is 0 Å². The molecule has 1 aliphatic heterocycles. The van der Waals surface area contributed by atoms with Crippen LogP contribution in [0, 0.1) is 0 Å². The number of imide groups is 1. The summed E-state index contributed by atoms with van der Waals surface area (Å²) in [5.74, 6) is -1.88. The summed E-state index contributed by atoms with van der Waals surface area (Å²) in [6.45, 7) is 0. The molecule has 1 aliphatic rings. The van der Waals surface area contributed by atoms with Crippen LogP contribution < -0.4 is 10.2 Å². The van der Waals surface area contributed by atoms with Crippen molar-refractivity contribution in [3.05, 3.63) is 54.1 Å². The van der Waals surface area contributed by atoms with Crippen molar-refractivity contribution in [2.75, 3.05) is 10.2 Å². The van der Waals surface area contributed by atoms with Gasteiger partial charge < -0.3 is 15.5 Å². The largest absolute Gasteiger partial charge is 0.508 e. The maximum absolute atomic E-state index is 12.5. The van der Waals surface area contributed by atoms with E-state index in [0.29, 0.717) is 5.69 Å². The van der Waals surface area contributed by atoms with Crippen LogP contribution in [0.25, 0.3) is 0 Å². The lowest BCUT2D eigenvalue weighted by Crippen LogP contribution is -2.34. The Hall–Kier alpha value is -3.35. The number of hydrogen-bond acceptors (Lipinski definition) is 5. The average molecular weight is 326 g/mol. The molecule has 0 bridgehead atoms. The van der Waals surface area contributed by atoms with Crippen LogP contribution in [-0.2, 0) is 9.59 Å². The molecule has 122 valence electrons. The Morgan fingerprint density at radius 1 is 1.12 bits per heavy atom. The summed E-state index contributed by atoms with van der Waals surface area (Å²) in [7, 11) is 0. The lowest BCUT2D eigenvalue weighted by Gasteiger charge is -2.16. The molecule has 2 amide bonds. The predicted molar refractivity (Wildman–Crippen MR) is 86.0 cm³/mol. The van der Waals surface area contributed by atoms with E-state index in [1.54, 1.807) is 12.1 Å². The number of aromatic carboxylic acids is 1. The van der Waals surface area contributed by atoms with E-state index in [0.717, 1.165) is 4.90 Å². The highest BCUT2D eigenvalue weighted by atomic mass is 16.4. The molecule has 1 unspecified atom stereocenters. The molecule has 2 aromatic carbocycles. The summed E-state index contributed by atoms with van der Waals surface area (Å²) < 4.78 is 0. The molecule has 7 nitrogen and oxygen atoms in total. The molecule has 0 spiro atoms. The summed E-state index contributed by atoms with van der Waals surface area (Å²) in [4.78, 5) is 36.7. The van der Waals surface area contributed by atoms with E-state index in [-0.39, 0.29) is 23.4 Å². The SMILES string of the molecule is O=C(O)c1cccc(N2C(=O)CC(Nc3ccc(O)cc3)C2=O)c1. The zero-order chi connectivity index (χ0) is 17.3. The Bertz CT molecular complexity index is 816. The molecule has 0 saturated carbocycles. The van der Waals surface area contributed by atoms with Gasteiger partial charge in [0.25, 0.3) is 5.91 Å². The van der Waals surface area contributed by atoms with E-state index in [1.807, 2.05) is 0 Å². The van der Waals surface area contributed by atoms with Gasteiger partial charge >= 0.3 is 5.97 Å². The van der Waals surface area contributed by atoms with Crippen LogP contribution in [0.15, 0.2) is 48.5 Å². The number of phenols is 1. The van der Waals surface area contributed by atoms with E-state index in [2.05, 4.69) is 5.32 Å². The Morgan fingerprint density at radius 2 is 1.83 bits per heavy atom. The fraction of sp³-hybridized carbons (Fsp3) is 0.118. The molecule has 0 radical (unpaired) electrons. The van der Waals surface area contributed by atoms with E-state index >= 15 is 0 Å². The van der Waals surface area contributed by atoms with Crippen molar-refractivity contribution in [2.24, 2.45) is 0 Å². The van der Waals surface area contributed by atoms with E-state index in [1.165, 1.54) is 36.4 Å². The number of carbonyl (C=O) groups is 3. The van der Waals surface area contributed by atoms with Crippen molar-refractivity contribution in [3.8, 4) is 5.75 Å². The van der Waals surface area contributed by atoms with E-state index in [9.17, 15) is 19.5 Å². The van der Waals surface area contributed by atoms with Gasteiger partial charge in [-0.3, -0.25) is 9.59 Å². The third-order valence-corrected chi connectivity index (χ3v) is 3.71. The second-order valence-corrected chi connectivity index (χ2v) is 5.37. The summed E-state index contributed by atoms with van der Waals surface area (Å²) in [5.41, 5.74) is 0.836. The van der Waals surface area contributed by atoms with Crippen molar-refractivity contribution in [1.82, 2.24) is 0 Å². The Labute approximate surface area is 137 Å². The molecule has 3 N–H and O–H groups in total. The molecule has 24 heavy (non-hydrogen) atoms. The van der Waals surface area contributed by atoms with Gasteiger partial charge in [0.1, 0.15) is 11.8 Å². The highest BCUT2D eigenvalue weighted by Gasteiger charge is 2.39. The molecule has 1 saturated heterocycles. The monoisotopic (exact) mass is 326 g/mol. The van der Waals surface area contributed by atoms with Crippen LogP contribution in [0.3, 0.4) is 0 Å². The minimum atomic E-state index is -1.13. The minimum absolute atomic E-state index is 0.00282. The number of hydrogen-bond donors (Lipinski definition) is 3. The number of rotatable bonds is 4. The quantitative estimate of drug-likeness (QED) is 0.584. The number of benzene rings is 2. The average Bonchev–Trinajstić information content (AvgIpc) is 2.83. The molecule has 2 aromatic rings. The smallest absolute Gasteiger partial charge is 0.335 e. The number of amides is 2. The van der Waals surface area contributed by atoms with E-state index < -0.39 is 23.8 Å². The number of carbonyl (C=O) groups excluding carboxylic acids is 2. The first kappa shape index (κ1) is 15.5. The highest BCUT2D eigenvalue weighted by molar-refractivity contribution is 6.23. The molecule has 1 fully saturated rings. The highest BCUT2D eigenvalue weighted by Crippen LogP contribution is 2.26. The Morgan fingerprint density at radius 3 is 2.50 bits per heavy atom. The molecule has 1 atom stereocenters. The fourth-order valence-corrected chi connectivity index (χ4v) is 2.55. The molecule has 3 rings (SSSR count). The van der Waals surface area contributed by atoms with Crippen LogP contribution in [0.4, 0.5) is 11.4 Å². The van der Waals surface area contributed by atoms with Gasteiger partial charge in [0.05, 0.1) is 17.7 Å². The van der Waals surface area contributed by atoms with Crippen LogP contribution in [0.2, 0.25) is 0 Å². The lowest BCUT2D eigenvalue weighted by molar-refractivity contribution is -0.121. The number of nitrogens with zero attached hydrogens (tertiary/aromatic N) is 1. The fourth-order valence-electron chi connectivity index (χ4n) is 2.55. The molecule has 1 heterocycles. The lowest BCUT2D eigenvalue weighted by atomic mass is 10.2. The maximum atomic E-state index is 12.5. The van der Waals surface area contributed by atoms with E-state index in [4.69, 9.17) is 5.11 Å². The van der Waals surface area contributed by atoms with Gasteiger partial charge in [-0.05, 0) is 42.5 Å².